The second-order valence-corrected chi connectivity index (χ2v) is 6.98. The Morgan fingerprint density at radius 3 is 2.71 bits per heavy atom. The van der Waals surface area contributed by atoms with E-state index < -0.39 is 6.10 Å². The van der Waals surface area contributed by atoms with Crippen LogP contribution in [0.4, 0.5) is 0 Å². The molecule has 2 unspecified atom stereocenters. The van der Waals surface area contributed by atoms with Crippen molar-refractivity contribution in [3.05, 3.63) is 35.9 Å². The zero-order chi connectivity index (χ0) is 14.9. The second kappa shape index (κ2) is 9.46. The zero-order valence-corrected chi connectivity index (χ0v) is 13.6. The summed E-state index contributed by atoms with van der Waals surface area (Å²) in [7, 11) is 0. The van der Waals surface area contributed by atoms with Gasteiger partial charge in [-0.1, -0.05) is 30.3 Å². The van der Waals surface area contributed by atoms with Crippen LogP contribution in [-0.4, -0.2) is 42.4 Å². The van der Waals surface area contributed by atoms with Crippen LogP contribution < -0.4 is 5.32 Å². The largest absolute Gasteiger partial charge is 0.389 e. The lowest BCUT2D eigenvalue weighted by molar-refractivity contribution is -0.00227. The van der Waals surface area contributed by atoms with Crippen LogP contribution in [0.15, 0.2) is 30.3 Å². The highest BCUT2D eigenvalue weighted by molar-refractivity contribution is 7.99. The first-order chi connectivity index (χ1) is 10.3. The van der Waals surface area contributed by atoms with E-state index in [1.165, 1.54) is 24.3 Å². The van der Waals surface area contributed by atoms with Gasteiger partial charge in [-0.05, 0) is 49.3 Å². The molecule has 2 rings (SSSR count). The van der Waals surface area contributed by atoms with Crippen molar-refractivity contribution in [2.45, 2.75) is 32.0 Å². The van der Waals surface area contributed by atoms with Gasteiger partial charge in [0.05, 0.1) is 18.8 Å². The van der Waals surface area contributed by atoms with E-state index in [2.05, 4.69) is 29.2 Å². The van der Waals surface area contributed by atoms with Gasteiger partial charge in [-0.15, -0.1) is 0 Å². The number of benzene rings is 1. The van der Waals surface area contributed by atoms with Crippen LogP contribution in [0, 0.1) is 5.92 Å². The molecule has 21 heavy (non-hydrogen) atoms. The van der Waals surface area contributed by atoms with E-state index in [0.717, 1.165) is 18.0 Å². The Morgan fingerprint density at radius 2 is 2.00 bits per heavy atom. The van der Waals surface area contributed by atoms with Gasteiger partial charge < -0.3 is 15.2 Å². The molecule has 3 nitrogen and oxygen atoms in total. The van der Waals surface area contributed by atoms with Crippen molar-refractivity contribution < 1.29 is 9.84 Å². The fourth-order valence-electron chi connectivity index (χ4n) is 2.54. The number of ether oxygens (including phenoxy) is 1. The lowest BCUT2D eigenvalue weighted by Crippen LogP contribution is -2.34. The number of hydrogen-bond acceptors (Lipinski definition) is 4. The molecule has 2 N–H and O–H groups in total. The van der Waals surface area contributed by atoms with Gasteiger partial charge in [0.2, 0.25) is 0 Å². The van der Waals surface area contributed by atoms with Crippen LogP contribution in [0.2, 0.25) is 0 Å². The molecule has 0 spiro atoms. The molecule has 1 aromatic rings. The highest BCUT2D eigenvalue weighted by Gasteiger charge is 2.14. The average molecular weight is 309 g/mol. The van der Waals surface area contributed by atoms with Crippen LogP contribution in [0.3, 0.4) is 0 Å². The van der Waals surface area contributed by atoms with Gasteiger partial charge in [0.25, 0.3) is 0 Å². The summed E-state index contributed by atoms with van der Waals surface area (Å²) in [6.45, 7) is 4.04. The van der Waals surface area contributed by atoms with E-state index in [0.29, 0.717) is 13.2 Å². The molecule has 118 valence electrons. The summed E-state index contributed by atoms with van der Waals surface area (Å²) < 4.78 is 5.74. The molecule has 1 aliphatic rings. The van der Waals surface area contributed by atoms with Gasteiger partial charge in [-0.3, -0.25) is 0 Å². The third-order valence-electron chi connectivity index (χ3n) is 3.96. The summed E-state index contributed by atoms with van der Waals surface area (Å²) in [5.74, 6) is 3.35. The van der Waals surface area contributed by atoms with Crippen LogP contribution in [0.5, 0.6) is 0 Å². The fraction of sp³-hybridized carbons (Fsp3) is 0.647. The Hall–Kier alpha value is -0.550. The monoisotopic (exact) mass is 309 g/mol. The summed E-state index contributed by atoms with van der Waals surface area (Å²) in [6.07, 6.45) is 2.19. The van der Waals surface area contributed by atoms with Gasteiger partial charge in [-0.25, -0.2) is 0 Å². The Labute approximate surface area is 132 Å². The van der Waals surface area contributed by atoms with Crippen LogP contribution in [0.25, 0.3) is 0 Å². The average Bonchev–Trinajstić information content (AvgIpc) is 2.54. The summed E-state index contributed by atoms with van der Waals surface area (Å²) in [6, 6.07) is 10.1. The molecular weight excluding hydrogens is 282 g/mol. The summed E-state index contributed by atoms with van der Waals surface area (Å²) in [5, 5.41) is 13.4. The molecular formula is C17H27NO2S. The van der Waals surface area contributed by atoms with Crippen molar-refractivity contribution in [2.75, 3.05) is 31.2 Å². The minimum atomic E-state index is -0.436. The van der Waals surface area contributed by atoms with Crippen molar-refractivity contribution in [2.24, 2.45) is 5.92 Å². The van der Waals surface area contributed by atoms with Gasteiger partial charge >= 0.3 is 0 Å². The van der Waals surface area contributed by atoms with Crippen molar-refractivity contribution in [1.82, 2.24) is 5.32 Å². The van der Waals surface area contributed by atoms with Crippen molar-refractivity contribution in [1.29, 1.82) is 0 Å². The lowest BCUT2D eigenvalue weighted by Gasteiger charge is -2.22. The summed E-state index contributed by atoms with van der Waals surface area (Å²) in [4.78, 5) is 0. The number of nitrogens with one attached hydrogen (secondary N) is 1. The lowest BCUT2D eigenvalue weighted by atomic mass is 10.0. The smallest absolute Gasteiger partial charge is 0.0897 e. The predicted octanol–water partition coefficient (Wildman–Crippen LogP) is 2.86. The molecule has 1 saturated heterocycles. The summed E-state index contributed by atoms with van der Waals surface area (Å²) >= 11 is 2.05. The standard InChI is InChI=1S/C17H27NO2S/c1-14(16-5-3-2-4-6-16)20-13-17(19)12-18-11-15-7-9-21-10-8-15/h2-6,14-15,17-19H,7-13H2,1H3. The van der Waals surface area contributed by atoms with Gasteiger partial charge in [-0.2, -0.15) is 11.8 Å². The number of aliphatic hydroxyl groups is 1. The molecule has 0 radical (unpaired) electrons. The van der Waals surface area contributed by atoms with E-state index >= 15 is 0 Å². The molecule has 2 atom stereocenters. The molecule has 4 heteroatoms. The zero-order valence-electron chi connectivity index (χ0n) is 12.8. The van der Waals surface area contributed by atoms with Crippen molar-refractivity contribution in [3.63, 3.8) is 0 Å². The predicted molar refractivity (Wildman–Crippen MR) is 89.7 cm³/mol. The third kappa shape index (κ3) is 6.39. The van der Waals surface area contributed by atoms with E-state index in [-0.39, 0.29) is 6.10 Å². The molecule has 1 heterocycles. The normalized spacial score (nSPS) is 19.3. The van der Waals surface area contributed by atoms with Crippen LogP contribution in [-0.2, 0) is 4.74 Å². The molecule has 0 aliphatic carbocycles. The number of thioether (sulfide) groups is 1. The maximum absolute atomic E-state index is 9.98. The maximum Gasteiger partial charge on any atom is 0.0897 e. The SMILES string of the molecule is CC(OCC(O)CNCC1CCSCC1)c1ccccc1. The van der Waals surface area contributed by atoms with E-state index in [1.807, 2.05) is 25.1 Å². The number of hydrogen-bond donors (Lipinski definition) is 2. The third-order valence-corrected chi connectivity index (χ3v) is 5.01. The second-order valence-electron chi connectivity index (χ2n) is 5.75. The first-order valence-corrected chi connectivity index (χ1v) is 9.04. The molecule has 0 aromatic heterocycles. The molecule has 1 aliphatic heterocycles. The highest BCUT2D eigenvalue weighted by Crippen LogP contribution is 2.21. The van der Waals surface area contributed by atoms with Crippen LogP contribution >= 0.6 is 11.8 Å². The van der Waals surface area contributed by atoms with Gasteiger partial charge in [0.1, 0.15) is 0 Å². The van der Waals surface area contributed by atoms with E-state index in [1.54, 1.807) is 0 Å². The first-order valence-electron chi connectivity index (χ1n) is 7.88. The topological polar surface area (TPSA) is 41.5 Å². The number of aliphatic hydroxyl groups excluding tert-OH is 1. The quantitative estimate of drug-likeness (QED) is 0.775. The van der Waals surface area contributed by atoms with Crippen molar-refractivity contribution in [3.8, 4) is 0 Å². The molecule has 1 aromatic carbocycles. The Bertz CT molecular complexity index is 382. The fourth-order valence-corrected chi connectivity index (χ4v) is 3.74. The minimum absolute atomic E-state index is 0.0243. The van der Waals surface area contributed by atoms with E-state index in [4.69, 9.17) is 4.74 Å². The van der Waals surface area contributed by atoms with Crippen molar-refractivity contribution >= 4 is 11.8 Å². The molecule has 1 fully saturated rings. The Kier molecular flexibility index (Phi) is 7.58. The van der Waals surface area contributed by atoms with Gasteiger partial charge in [0, 0.05) is 6.54 Å². The number of rotatable bonds is 8. The first kappa shape index (κ1) is 16.8. The minimum Gasteiger partial charge on any atom is -0.389 e. The Morgan fingerprint density at radius 1 is 1.29 bits per heavy atom. The Balaban J connectivity index is 1.57. The molecule has 0 amide bonds. The summed E-state index contributed by atoms with van der Waals surface area (Å²) in [5.41, 5.74) is 1.15. The molecule has 0 saturated carbocycles. The highest BCUT2D eigenvalue weighted by atomic mass is 32.2. The van der Waals surface area contributed by atoms with Gasteiger partial charge in [0.15, 0.2) is 0 Å². The maximum atomic E-state index is 9.98. The van der Waals surface area contributed by atoms with E-state index in [9.17, 15) is 5.11 Å². The molecule has 0 bridgehead atoms. The van der Waals surface area contributed by atoms with Crippen LogP contribution in [0.1, 0.15) is 31.4 Å².